The molecule has 2 nitrogen and oxygen atoms in total. The summed E-state index contributed by atoms with van der Waals surface area (Å²) in [6.07, 6.45) is 17.2. The number of carbonyl (C=O) groups is 1. The lowest BCUT2D eigenvalue weighted by atomic mass is 10.1. The van der Waals surface area contributed by atoms with E-state index in [2.05, 4.69) is 12.7 Å². The smallest absolute Gasteiger partial charge is 0.302 e. The van der Waals surface area contributed by atoms with Crippen LogP contribution in [0.15, 0.2) is 24.8 Å². The maximum atomic E-state index is 10.5. The number of rotatable bonds is 12. The fourth-order valence-corrected chi connectivity index (χ4v) is 1.83. The number of allylic oxidation sites excluding steroid dienone is 3. The molecule has 0 aliphatic carbocycles. The normalized spacial score (nSPS) is 10.7. The maximum absolute atomic E-state index is 10.5. The highest BCUT2D eigenvalue weighted by molar-refractivity contribution is 5.65. The summed E-state index contributed by atoms with van der Waals surface area (Å²) in [5.74, 6) is -0.166. The van der Waals surface area contributed by atoms with Gasteiger partial charge in [-0.3, -0.25) is 4.79 Å². The van der Waals surface area contributed by atoms with Crippen LogP contribution in [0.2, 0.25) is 0 Å². The second kappa shape index (κ2) is 14.0. The molecule has 0 saturated heterocycles. The van der Waals surface area contributed by atoms with Gasteiger partial charge in [-0.2, -0.15) is 0 Å². The molecule has 0 saturated carbocycles. The van der Waals surface area contributed by atoms with E-state index in [-0.39, 0.29) is 5.97 Å². The van der Waals surface area contributed by atoms with Crippen molar-refractivity contribution in [1.82, 2.24) is 0 Å². The molecule has 0 aromatic carbocycles. The molecular formula is C16H28O2. The van der Waals surface area contributed by atoms with E-state index in [9.17, 15) is 4.79 Å². The summed E-state index contributed by atoms with van der Waals surface area (Å²) in [4.78, 5) is 10.5. The number of ether oxygens (including phenoxy) is 1. The lowest BCUT2D eigenvalue weighted by Crippen LogP contribution is -2.00. The minimum atomic E-state index is -0.166. The predicted molar refractivity (Wildman–Crippen MR) is 77.5 cm³/mol. The summed E-state index contributed by atoms with van der Waals surface area (Å²) in [7, 11) is 0. The van der Waals surface area contributed by atoms with Gasteiger partial charge in [0, 0.05) is 6.92 Å². The summed E-state index contributed by atoms with van der Waals surface area (Å²) >= 11 is 0. The van der Waals surface area contributed by atoms with Crippen LogP contribution in [-0.4, -0.2) is 12.6 Å². The molecule has 0 unspecified atom stereocenters. The van der Waals surface area contributed by atoms with Gasteiger partial charge >= 0.3 is 5.97 Å². The van der Waals surface area contributed by atoms with Crippen LogP contribution in [0.3, 0.4) is 0 Å². The monoisotopic (exact) mass is 252 g/mol. The van der Waals surface area contributed by atoms with Gasteiger partial charge in [-0.15, -0.1) is 0 Å². The third kappa shape index (κ3) is 14.9. The molecular weight excluding hydrogens is 224 g/mol. The van der Waals surface area contributed by atoms with Crippen LogP contribution in [0, 0.1) is 0 Å². The molecule has 0 N–H and O–H groups in total. The molecule has 0 aliphatic rings. The Morgan fingerprint density at radius 2 is 1.56 bits per heavy atom. The molecule has 0 amide bonds. The first-order valence-electron chi connectivity index (χ1n) is 7.18. The van der Waals surface area contributed by atoms with Gasteiger partial charge in [0.15, 0.2) is 0 Å². The molecule has 0 bridgehead atoms. The fraction of sp³-hybridized carbons (Fsp3) is 0.688. The molecule has 104 valence electrons. The minimum Gasteiger partial charge on any atom is -0.466 e. The van der Waals surface area contributed by atoms with Crippen molar-refractivity contribution in [1.29, 1.82) is 0 Å². The summed E-state index contributed by atoms with van der Waals surface area (Å²) in [5, 5.41) is 0. The molecule has 0 heterocycles. The van der Waals surface area contributed by atoms with E-state index in [1.165, 1.54) is 58.3 Å². The lowest BCUT2D eigenvalue weighted by Gasteiger charge is -2.02. The van der Waals surface area contributed by atoms with Crippen molar-refractivity contribution < 1.29 is 9.53 Å². The molecule has 0 radical (unpaired) electrons. The largest absolute Gasteiger partial charge is 0.466 e. The Morgan fingerprint density at radius 3 is 2.11 bits per heavy atom. The molecule has 0 aromatic heterocycles. The van der Waals surface area contributed by atoms with Gasteiger partial charge in [0.2, 0.25) is 0 Å². The van der Waals surface area contributed by atoms with Gasteiger partial charge in [0.05, 0.1) is 6.61 Å². The van der Waals surface area contributed by atoms with Crippen LogP contribution in [0.25, 0.3) is 0 Å². The highest BCUT2D eigenvalue weighted by Gasteiger charge is 1.94. The second-order valence-corrected chi connectivity index (χ2v) is 4.62. The number of hydrogen-bond acceptors (Lipinski definition) is 2. The summed E-state index contributed by atoms with van der Waals surface area (Å²) < 4.78 is 4.88. The van der Waals surface area contributed by atoms with Gasteiger partial charge in [0.1, 0.15) is 0 Å². The molecule has 0 spiro atoms. The molecule has 0 atom stereocenters. The Hall–Kier alpha value is -1.05. The molecule has 0 fully saturated rings. The van der Waals surface area contributed by atoms with Crippen molar-refractivity contribution in [2.24, 2.45) is 0 Å². The third-order valence-corrected chi connectivity index (χ3v) is 2.84. The van der Waals surface area contributed by atoms with Crippen LogP contribution in [0.4, 0.5) is 0 Å². The Balaban J connectivity index is 3.01. The zero-order valence-electron chi connectivity index (χ0n) is 11.8. The zero-order valence-corrected chi connectivity index (χ0v) is 11.8. The Kier molecular flexibility index (Phi) is 13.2. The summed E-state index contributed by atoms with van der Waals surface area (Å²) in [6.45, 7) is 5.70. The van der Waals surface area contributed by atoms with Gasteiger partial charge in [0.25, 0.3) is 0 Å². The van der Waals surface area contributed by atoms with Crippen molar-refractivity contribution in [3.63, 3.8) is 0 Å². The first-order valence-corrected chi connectivity index (χ1v) is 7.18. The number of carbonyl (C=O) groups excluding carboxylic acids is 1. The van der Waals surface area contributed by atoms with Crippen molar-refractivity contribution in [3.8, 4) is 0 Å². The number of esters is 1. The van der Waals surface area contributed by atoms with E-state index >= 15 is 0 Å². The standard InChI is InChI=1S/C16H28O2/c1-3-4-5-6-7-8-9-10-11-12-13-14-15-18-16(2)17/h3-5H,1,6-15H2,2H3/b5-4+. The van der Waals surface area contributed by atoms with Crippen LogP contribution >= 0.6 is 0 Å². The highest BCUT2D eigenvalue weighted by atomic mass is 16.5. The lowest BCUT2D eigenvalue weighted by molar-refractivity contribution is -0.141. The second-order valence-electron chi connectivity index (χ2n) is 4.62. The predicted octanol–water partition coefficient (Wildman–Crippen LogP) is 4.80. The molecule has 0 aliphatic heterocycles. The molecule has 2 heteroatoms. The zero-order chi connectivity index (χ0) is 13.5. The van der Waals surface area contributed by atoms with E-state index < -0.39 is 0 Å². The van der Waals surface area contributed by atoms with E-state index in [1.807, 2.05) is 12.2 Å². The van der Waals surface area contributed by atoms with Crippen LogP contribution in [0.1, 0.15) is 64.7 Å². The minimum absolute atomic E-state index is 0.166. The molecule has 0 rings (SSSR count). The Labute approximate surface area is 112 Å². The van der Waals surface area contributed by atoms with Gasteiger partial charge in [-0.25, -0.2) is 0 Å². The van der Waals surface area contributed by atoms with Crippen LogP contribution in [-0.2, 0) is 9.53 Å². The quantitative estimate of drug-likeness (QED) is 0.283. The third-order valence-electron chi connectivity index (χ3n) is 2.84. The topological polar surface area (TPSA) is 26.3 Å². The maximum Gasteiger partial charge on any atom is 0.302 e. The molecule has 18 heavy (non-hydrogen) atoms. The van der Waals surface area contributed by atoms with Crippen LogP contribution < -0.4 is 0 Å². The first-order chi connectivity index (χ1) is 8.77. The number of unbranched alkanes of at least 4 members (excludes halogenated alkanes) is 8. The van der Waals surface area contributed by atoms with Crippen molar-refractivity contribution in [2.75, 3.05) is 6.61 Å². The van der Waals surface area contributed by atoms with Gasteiger partial charge in [-0.05, 0) is 19.3 Å². The van der Waals surface area contributed by atoms with Crippen LogP contribution in [0.5, 0.6) is 0 Å². The van der Waals surface area contributed by atoms with E-state index in [1.54, 1.807) is 0 Å². The SMILES string of the molecule is C=C/C=C/CCCCCCCCCCOC(C)=O. The average Bonchev–Trinajstić information content (AvgIpc) is 2.34. The average molecular weight is 252 g/mol. The van der Waals surface area contributed by atoms with Crippen molar-refractivity contribution in [2.45, 2.75) is 64.7 Å². The van der Waals surface area contributed by atoms with Gasteiger partial charge < -0.3 is 4.74 Å². The fourth-order valence-electron chi connectivity index (χ4n) is 1.83. The summed E-state index contributed by atoms with van der Waals surface area (Å²) in [6, 6.07) is 0. The van der Waals surface area contributed by atoms with E-state index in [0.29, 0.717) is 6.61 Å². The first kappa shape index (κ1) is 16.9. The molecule has 0 aromatic rings. The van der Waals surface area contributed by atoms with E-state index in [0.717, 1.165) is 6.42 Å². The van der Waals surface area contributed by atoms with Crippen molar-refractivity contribution >= 4 is 5.97 Å². The van der Waals surface area contributed by atoms with Gasteiger partial charge in [-0.1, -0.05) is 63.3 Å². The summed E-state index contributed by atoms with van der Waals surface area (Å²) in [5.41, 5.74) is 0. The van der Waals surface area contributed by atoms with E-state index in [4.69, 9.17) is 4.74 Å². The Morgan fingerprint density at radius 1 is 1.00 bits per heavy atom. The number of hydrogen-bond donors (Lipinski definition) is 0. The Bertz CT molecular complexity index is 231. The highest BCUT2D eigenvalue weighted by Crippen LogP contribution is 2.10. The van der Waals surface area contributed by atoms with Crippen molar-refractivity contribution in [3.05, 3.63) is 24.8 Å².